The fraction of sp³-hybridized carbons (Fsp3) is 0. The molecule has 0 atom stereocenters. The zero-order chi connectivity index (χ0) is 18.5. The lowest BCUT2D eigenvalue weighted by atomic mass is 9.93. The first kappa shape index (κ1) is 15.4. The highest BCUT2D eigenvalue weighted by Crippen LogP contribution is 2.34. The Morgan fingerprint density at radius 3 is 1.64 bits per heavy atom. The number of benzene rings is 6. The maximum atomic E-state index is 2.35. The van der Waals surface area contributed by atoms with Crippen molar-refractivity contribution in [2.45, 2.75) is 0 Å². The Kier molecular flexibility index (Phi) is 3.27. The summed E-state index contributed by atoms with van der Waals surface area (Å²) in [4.78, 5) is 0. The van der Waals surface area contributed by atoms with Crippen LogP contribution >= 0.6 is 0 Å². The van der Waals surface area contributed by atoms with Gasteiger partial charge in [-0.2, -0.15) is 0 Å². The Bertz CT molecular complexity index is 1510. The van der Waals surface area contributed by atoms with E-state index in [-0.39, 0.29) is 0 Å². The standard InChI is InChI=1S/C28H18/c1-2-7-20-14-24(13-12-19(20)6-1)27-11-5-10-23-17-25-15-21-8-3-4-9-22(21)16-26(25)18-28(23)27/h1-18H. The summed E-state index contributed by atoms with van der Waals surface area (Å²) in [5.41, 5.74) is 2.56. The predicted octanol–water partition coefficient (Wildman–Crippen LogP) is 7.97. The van der Waals surface area contributed by atoms with Gasteiger partial charge in [0.2, 0.25) is 0 Å². The molecule has 0 aromatic heterocycles. The predicted molar refractivity (Wildman–Crippen MR) is 122 cm³/mol. The van der Waals surface area contributed by atoms with Crippen LogP contribution in [-0.4, -0.2) is 0 Å². The fourth-order valence-corrected chi connectivity index (χ4v) is 4.33. The molecule has 0 nitrogen and oxygen atoms in total. The van der Waals surface area contributed by atoms with E-state index in [2.05, 4.69) is 109 Å². The van der Waals surface area contributed by atoms with Crippen molar-refractivity contribution in [2.24, 2.45) is 0 Å². The highest BCUT2D eigenvalue weighted by atomic mass is 14.1. The lowest BCUT2D eigenvalue weighted by Crippen LogP contribution is -1.84. The molecule has 0 saturated carbocycles. The summed E-state index contributed by atoms with van der Waals surface area (Å²) in [6.07, 6.45) is 0. The van der Waals surface area contributed by atoms with Gasteiger partial charge >= 0.3 is 0 Å². The zero-order valence-corrected chi connectivity index (χ0v) is 15.4. The van der Waals surface area contributed by atoms with E-state index in [9.17, 15) is 0 Å². The Balaban J connectivity index is 1.65. The Morgan fingerprint density at radius 2 is 0.893 bits per heavy atom. The van der Waals surface area contributed by atoms with Crippen LogP contribution in [0.15, 0.2) is 109 Å². The lowest BCUT2D eigenvalue weighted by Gasteiger charge is -2.11. The van der Waals surface area contributed by atoms with Crippen molar-refractivity contribution in [1.82, 2.24) is 0 Å². The summed E-state index contributed by atoms with van der Waals surface area (Å²) < 4.78 is 0. The van der Waals surface area contributed by atoms with Gasteiger partial charge in [0.05, 0.1) is 0 Å². The molecule has 0 saturated heterocycles. The highest BCUT2D eigenvalue weighted by Gasteiger charge is 2.07. The van der Waals surface area contributed by atoms with Gasteiger partial charge in [0, 0.05) is 0 Å². The second-order valence-corrected chi connectivity index (χ2v) is 7.49. The van der Waals surface area contributed by atoms with Crippen LogP contribution in [0.4, 0.5) is 0 Å². The number of hydrogen-bond donors (Lipinski definition) is 0. The second kappa shape index (κ2) is 5.94. The average Bonchev–Trinajstić information content (AvgIpc) is 2.75. The van der Waals surface area contributed by atoms with E-state index in [0.29, 0.717) is 0 Å². The van der Waals surface area contributed by atoms with E-state index in [1.54, 1.807) is 0 Å². The monoisotopic (exact) mass is 354 g/mol. The van der Waals surface area contributed by atoms with E-state index in [1.807, 2.05) is 0 Å². The van der Waals surface area contributed by atoms with Gasteiger partial charge < -0.3 is 0 Å². The summed E-state index contributed by atoms with van der Waals surface area (Å²) in [6, 6.07) is 39.8. The van der Waals surface area contributed by atoms with Crippen molar-refractivity contribution in [3.63, 3.8) is 0 Å². The molecule has 0 bridgehead atoms. The fourth-order valence-electron chi connectivity index (χ4n) is 4.33. The van der Waals surface area contributed by atoms with Crippen LogP contribution in [0.1, 0.15) is 0 Å². The molecule has 0 aliphatic carbocycles. The zero-order valence-electron chi connectivity index (χ0n) is 15.4. The van der Waals surface area contributed by atoms with Gasteiger partial charge in [-0.3, -0.25) is 0 Å². The van der Waals surface area contributed by atoms with Crippen LogP contribution in [0.3, 0.4) is 0 Å². The van der Waals surface area contributed by atoms with Crippen LogP contribution < -0.4 is 0 Å². The van der Waals surface area contributed by atoms with Crippen LogP contribution in [0.5, 0.6) is 0 Å². The maximum absolute atomic E-state index is 2.35. The largest absolute Gasteiger partial charge is 0.0616 e. The molecule has 6 aromatic carbocycles. The third-order valence-corrected chi connectivity index (χ3v) is 5.76. The van der Waals surface area contributed by atoms with Crippen molar-refractivity contribution >= 4 is 43.1 Å². The normalized spacial score (nSPS) is 11.6. The Hall–Kier alpha value is -3.64. The molecule has 6 rings (SSSR count). The van der Waals surface area contributed by atoms with Crippen LogP contribution in [0.2, 0.25) is 0 Å². The minimum Gasteiger partial charge on any atom is -0.0616 e. The Labute approximate surface area is 163 Å². The molecule has 0 fully saturated rings. The molecule has 6 aromatic rings. The third-order valence-electron chi connectivity index (χ3n) is 5.76. The molecule has 0 unspecified atom stereocenters. The summed E-state index contributed by atoms with van der Waals surface area (Å²) in [5.74, 6) is 0. The van der Waals surface area contributed by atoms with E-state index >= 15 is 0 Å². The summed E-state index contributed by atoms with van der Waals surface area (Å²) in [5, 5.41) is 10.3. The SMILES string of the molecule is c1ccc2cc(-c3cccc4cc5cc6ccccc6cc5cc34)ccc2c1. The van der Waals surface area contributed by atoms with Crippen LogP contribution in [-0.2, 0) is 0 Å². The molecule has 0 N–H and O–H groups in total. The molecule has 0 amide bonds. The first-order chi connectivity index (χ1) is 13.8. The molecule has 0 heteroatoms. The van der Waals surface area contributed by atoms with E-state index in [1.165, 1.54) is 54.2 Å². The van der Waals surface area contributed by atoms with E-state index in [4.69, 9.17) is 0 Å². The molecular weight excluding hydrogens is 336 g/mol. The summed E-state index contributed by atoms with van der Waals surface area (Å²) in [7, 11) is 0. The van der Waals surface area contributed by atoms with Gasteiger partial charge in [0.15, 0.2) is 0 Å². The van der Waals surface area contributed by atoms with Crippen LogP contribution in [0.25, 0.3) is 54.2 Å². The van der Waals surface area contributed by atoms with Gasteiger partial charge in [-0.25, -0.2) is 0 Å². The van der Waals surface area contributed by atoms with E-state index < -0.39 is 0 Å². The summed E-state index contributed by atoms with van der Waals surface area (Å²) >= 11 is 0. The minimum atomic E-state index is 1.27. The van der Waals surface area contributed by atoms with Gasteiger partial charge in [0.1, 0.15) is 0 Å². The first-order valence-electron chi connectivity index (χ1n) is 9.70. The molecule has 0 aliphatic heterocycles. The molecule has 28 heavy (non-hydrogen) atoms. The van der Waals surface area contributed by atoms with Gasteiger partial charge in [0.25, 0.3) is 0 Å². The molecule has 0 heterocycles. The number of hydrogen-bond acceptors (Lipinski definition) is 0. The van der Waals surface area contributed by atoms with Crippen molar-refractivity contribution in [3.05, 3.63) is 109 Å². The van der Waals surface area contributed by atoms with Crippen LogP contribution in [0, 0.1) is 0 Å². The maximum Gasteiger partial charge on any atom is -0.00990 e. The number of rotatable bonds is 1. The summed E-state index contributed by atoms with van der Waals surface area (Å²) in [6.45, 7) is 0. The number of fused-ring (bicyclic) bond motifs is 4. The molecule has 0 aliphatic rings. The topological polar surface area (TPSA) is 0 Å². The smallest absolute Gasteiger partial charge is 0.00990 e. The van der Waals surface area contributed by atoms with Crippen molar-refractivity contribution in [2.75, 3.05) is 0 Å². The quantitative estimate of drug-likeness (QED) is 0.263. The second-order valence-electron chi connectivity index (χ2n) is 7.49. The average molecular weight is 354 g/mol. The molecule has 130 valence electrons. The van der Waals surface area contributed by atoms with E-state index in [0.717, 1.165) is 0 Å². The van der Waals surface area contributed by atoms with Crippen molar-refractivity contribution < 1.29 is 0 Å². The minimum absolute atomic E-state index is 1.27. The molecular formula is C28H18. The highest BCUT2D eigenvalue weighted by molar-refractivity contribution is 6.09. The van der Waals surface area contributed by atoms with Gasteiger partial charge in [-0.1, -0.05) is 78.9 Å². The van der Waals surface area contributed by atoms with Crippen molar-refractivity contribution in [3.8, 4) is 11.1 Å². The van der Waals surface area contributed by atoms with Gasteiger partial charge in [-0.15, -0.1) is 0 Å². The lowest BCUT2D eigenvalue weighted by molar-refractivity contribution is 1.69. The molecule has 0 spiro atoms. The van der Waals surface area contributed by atoms with Crippen molar-refractivity contribution in [1.29, 1.82) is 0 Å². The van der Waals surface area contributed by atoms with Gasteiger partial charge in [-0.05, 0) is 84.5 Å². The molecule has 0 radical (unpaired) electrons. The third kappa shape index (κ3) is 2.39. The first-order valence-corrected chi connectivity index (χ1v) is 9.70. The Morgan fingerprint density at radius 1 is 0.321 bits per heavy atom.